The van der Waals surface area contributed by atoms with Gasteiger partial charge in [-0.15, -0.1) is 0 Å². The first-order chi connectivity index (χ1) is 10.5. The van der Waals surface area contributed by atoms with Crippen LogP contribution < -0.4 is 10.1 Å². The molecule has 0 radical (unpaired) electrons. The van der Waals surface area contributed by atoms with Crippen LogP contribution in [0.1, 0.15) is 24.1 Å². The Kier molecular flexibility index (Phi) is 5.57. The molecule has 118 valence electrons. The minimum absolute atomic E-state index is 0.0654. The van der Waals surface area contributed by atoms with Crippen molar-refractivity contribution >= 4 is 16.5 Å². The van der Waals surface area contributed by atoms with Gasteiger partial charge in [-0.1, -0.05) is 12.1 Å². The summed E-state index contributed by atoms with van der Waals surface area (Å²) in [4.78, 5) is 0.822. The highest BCUT2D eigenvalue weighted by Crippen LogP contribution is 2.26. The monoisotopic (exact) mass is 319 g/mol. The number of rotatable bonds is 6. The number of methoxy groups -OCH3 is 1. The minimum atomic E-state index is -0.959. The van der Waals surface area contributed by atoms with E-state index in [1.54, 1.807) is 13.4 Å². The van der Waals surface area contributed by atoms with Crippen molar-refractivity contribution in [2.45, 2.75) is 24.5 Å². The summed E-state index contributed by atoms with van der Waals surface area (Å²) in [7, 11) is 0.628. The first kappa shape index (κ1) is 16.5. The van der Waals surface area contributed by atoms with Crippen LogP contribution in [0, 0.1) is 0 Å². The lowest BCUT2D eigenvalue weighted by Crippen LogP contribution is -2.07. The van der Waals surface area contributed by atoms with Gasteiger partial charge in [-0.3, -0.25) is 4.21 Å². The van der Waals surface area contributed by atoms with E-state index in [1.165, 1.54) is 0 Å². The molecule has 0 fully saturated rings. The molecule has 0 saturated heterocycles. The smallest absolute Gasteiger partial charge is 0.124 e. The van der Waals surface area contributed by atoms with Crippen LogP contribution in [0.3, 0.4) is 0 Å². The van der Waals surface area contributed by atoms with Crippen molar-refractivity contribution in [3.05, 3.63) is 53.6 Å². The molecule has 0 amide bonds. The van der Waals surface area contributed by atoms with Crippen molar-refractivity contribution in [1.29, 1.82) is 0 Å². The minimum Gasteiger partial charge on any atom is -0.496 e. The third-order valence-electron chi connectivity index (χ3n) is 3.55. The van der Waals surface area contributed by atoms with Gasteiger partial charge in [0.15, 0.2) is 0 Å². The number of aliphatic hydroxyl groups is 1. The van der Waals surface area contributed by atoms with E-state index < -0.39 is 10.8 Å². The Bertz CT molecular complexity index is 655. The molecule has 0 aliphatic heterocycles. The third-order valence-corrected chi connectivity index (χ3v) is 4.48. The van der Waals surface area contributed by atoms with Crippen molar-refractivity contribution in [2.24, 2.45) is 0 Å². The molecule has 2 N–H and O–H groups in total. The van der Waals surface area contributed by atoms with Crippen LogP contribution in [0.5, 0.6) is 5.75 Å². The maximum Gasteiger partial charge on any atom is 0.124 e. The quantitative estimate of drug-likeness (QED) is 0.859. The number of anilines is 1. The van der Waals surface area contributed by atoms with Gasteiger partial charge in [0.05, 0.1) is 13.7 Å². The van der Waals surface area contributed by atoms with E-state index >= 15 is 0 Å². The van der Waals surface area contributed by atoms with Gasteiger partial charge in [-0.05, 0) is 42.8 Å². The summed E-state index contributed by atoms with van der Waals surface area (Å²) >= 11 is 0. The highest BCUT2D eigenvalue weighted by molar-refractivity contribution is 7.84. The lowest BCUT2D eigenvalue weighted by molar-refractivity contribution is 0.274. The zero-order valence-corrected chi connectivity index (χ0v) is 13.8. The molecule has 2 unspecified atom stereocenters. The molecule has 0 heterocycles. The highest BCUT2D eigenvalue weighted by atomic mass is 32.2. The summed E-state index contributed by atoms with van der Waals surface area (Å²) in [5, 5.41) is 12.8. The van der Waals surface area contributed by atoms with Crippen molar-refractivity contribution in [2.75, 3.05) is 18.7 Å². The zero-order chi connectivity index (χ0) is 16.1. The molecular weight excluding hydrogens is 298 g/mol. The number of hydrogen-bond donors (Lipinski definition) is 2. The van der Waals surface area contributed by atoms with Crippen LogP contribution in [0.15, 0.2) is 47.4 Å². The van der Waals surface area contributed by atoms with E-state index in [0.29, 0.717) is 5.75 Å². The SMILES string of the molecule is COc1ccc(NC(C)c2ccc(S(C)=O)cc2)cc1CO. The summed E-state index contributed by atoms with van der Waals surface area (Å²) in [6.45, 7) is 1.99. The molecule has 2 rings (SSSR count). The molecule has 4 nitrogen and oxygen atoms in total. The predicted octanol–water partition coefficient (Wildman–Crippen LogP) is 3.10. The number of aliphatic hydroxyl groups excluding tert-OH is 1. The van der Waals surface area contributed by atoms with Crippen molar-refractivity contribution in [3.8, 4) is 5.75 Å². The molecule has 2 atom stereocenters. The summed E-state index contributed by atoms with van der Waals surface area (Å²) in [5.41, 5.74) is 2.77. The van der Waals surface area contributed by atoms with Crippen LogP contribution in [-0.2, 0) is 17.4 Å². The molecular formula is C17H21NO3S. The van der Waals surface area contributed by atoms with Crippen molar-refractivity contribution in [1.82, 2.24) is 0 Å². The standard InChI is InChI=1S/C17H21NO3S/c1-12(13-4-7-16(8-5-13)22(3)20)18-15-6-9-17(21-2)14(10-15)11-19/h4-10,12,18-19H,11H2,1-3H3. The third kappa shape index (κ3) is 3.87. The van der Waals surface area contributed by atoms with Crippen LogP contribution in [-0.4, -0.2) is 22.7 Å². The molecule has 0 aromatic heterocycles. The maximum atomic E-state index is 11.4. The molecule has 22 heavy (non-hydrogen) atoms. The summed E-state index contributed by atoms with van der Waals surface area (Å²) in [6.07, 6.45) is 1.67. The van der Waals surface area contributed by atoms with Gasteiger partial charge in [0.1, 0.15) is 5.75 Å². The van der Waals surface area contributed by atoms with Gasteiger partial charge in [-0.2, -0.15) is 0 Å². The largest absolute Gasteiger partial charge is 0.496 e. The van der Waals surface area contributed by atoms with Crippen LogP contribution in [0.4, 0.5) is 5.69 Å². The second kappa shape index (κ2) is 7.42. The van der Waals surface area contributed by atoms with Crippen molar-refractivity contribution < 1.29 is 14.1 Å². The fourth-order valence-electron chi connectivity index (χ4n) is 2.27. The number of benzene rings is 2. The maximum absolute atomic E-state index is 11.4. The molecule has 2 aromatic carbocycles. The average Bonchev–Trinajstić information content (AvgIpc) is 2.54. The molecule has 0 spiro atoms. The Hall–Kier alpha value is -1.85. The summed E-state index contributed by atoms with van der Waals surface area (Å²) in [6, 6.07) is 13.5. The van der Waals surface area contributed by atoms with E-state index in [9.17, 15) is 9.32 Å². The number of nitrogens with one attached hydrogen (secondary N) is 1. The molecule has 0 aliphatic rings. The van der Waals surface area contributed by atoms with Gasteiger partial charge in [0.2, 0.25) is 0 Å². The zero-order valence-electron chi connectivity index (χ0n) is 13.0. The molecule has 2 aromatic rings. The summed E-state index contributed by atoms with van der Waals surface area (Å²) < 4.78 is 16.6. The second-order valence-corrected chi connectivity index (χ2v) is 6.45. The van der Waals surface area contributed by atoms with E-state index in [0.717, 1.165) is 21.7 Å². The Morgan fingerprint density at radius 1 is 1.23 bits per heavy atom. The predicted molar refractivity (Wildman–Crippen MR) is 89.7 cm³/mol. The van der Waals surface area contributed by atoms with E-state index in [1.807, 2.05) is 42.5 Å². The molecule has 0 bridgehead atoms. The van der Waals surface area contributed by atoms with E-state index in [-0.39, 0.29) is 12.6 Å². The Labute approximate surface area is 133 Å². The fourth-order valence-corrected chi connectivity index (χ4v) is 2.79. The lowest BCUT2D eigenvalue weighted by atomic mass is 10.1. The Balaban J connectivity index is 2.14. The second-order valence-electron chi connectivity index (χ2n) is 5.07. The van der Waals surface area contributed by atoms with Gasteiger partial charge in [-0.25, -0.2) is 0 Å². The fraction of sp³-hybridized carbons (Fsp3) is 0.294. The van der Waals surface area contributed by atoms with Crippen LogP contribution >= 0.6 is 0 Å². The molecule has 5 heteroatoms. The first-order valence-electron chi connectivity index (χ1n) is 7.03. The van der Waals surface area contributed by atoms with E-state index in [4.69, 9.17) is 4.74 Å². The number of ether oxygens (including phenoxy) is 1. The van der Waals surface area contributed by atoms with Crippen LogP contribution in [0.2, 0.25) is 0 Å². The van der Waals surface area contributed by atoms with Crippen LogP contribution in [0.25, 0.3) is 0 Å². The summed E-state index contributed by atoms with van der Waals surface area (Å²) in [5.74, 6) is 0.676. The first-order valence-corrected chi connectivity index (χ1v) is 8.58. The Morgan fingerprint density at radius 3 is 2.45 bits per heavy atom. The van der Waals surface area contributed by atoms with Gasteiger partial charge in [0.25, 0.3) is 0 Å². The molecule has 0 saturated carbocycles. The van der Waals surface area contributed by atoms with E-state index in [2.05, 4.69) is 12.2 Å². The number of hydrogen-bond acceptors (Lipinski definition) is 4. The van der Waals surface area contributed by atoms with Crippen molar-refractivity contribution in [3.63, 3.8) is 0 Å². The Morgan fingerprint density at radius 2 is 1.91 bits per heavy atom. The topological polar surface area (TPSA) is 58.6 Å². The highest BCUT2D eigenvalue weighted by Gasteiger charge is 2.08. The normalized spacial score (nSPS) is 13.5. The van der Waals surface area contributed by atoms with Gasteiger partial charge in [0, 0.05) is 39.2 Å². The average molecular weight is 319 g/mol. The lowest BCUT2D eigenvalue weighted by Gasteiger charge is -2.17. The molecule has 0 aliphatic carbocycles. The van der Waals surface area contributed by atoms with Gasteiger partial charge >= 0.3 is 0 Å². The van der Waals surface area contributed by atoms with Gasteiger partial charge < -0.3 is 15.2 Å².